The highest BCUT2D eigenvalue weighted by Crippen LogP contribution is 2.25. The van der Waals surface area contributed by atoms with Crippen LogP contribution in [0.15, 0.2) is 54.6 Å². The van der Waals surface area contributed by atoms with E-state index in [1.807, 2.05) is 0 Å². The summed E-state index contributed by atoms with van der Waals surface area (Å²) in [6.07, 6.45) is 0.850. The average Bonchev–Trinajstić information content (AvgIpc) is 2.38. The number of rotatable bonds is 1. The predicted octanol–water partition coefficient (Wildman–Crippen LogP) is 4.37. The van der Waals surface area contributed by atoms with Crippen LogP contribution in [0.3, 0.4) is 0 Å². The molecule has 0 saturated heterocycles. The maximum atomic E-state index is 3.93. The Morgan fingerprint density at radius 3 is 2.38 bits per heavy atom. The Morgan fingerprint density at radius 1 is 0.750 bits per heavy atom. The van der Waals surface area contributed by atoms with Gasteiger partial charge >= 0.3 is 0 Å². The van der Waals surface area contributed by atoms with E-state index in [1.165, 1.54) is 27.1 Å². The first-order chi connectivity index (χ1) is 7.88. The maximum absolute atomic E-state index is 3.93. The monoisotopic (exact) mass is 205 g/mol. The summed E-state index contributed by atoms with van der Waals surface area (Å²) < 4.78 is 0. The van der Waals surface area contributed by atoms with Gasteiger partial charge in [-0.2, -0.15) is 0 Å². The summed E-state index contributed by atoms with van der Waals surface area (Å²) in [7, 11) is 0. The van der Waals surface area contributed by atoms with Crippen LogP contribution in [0.25, 0.3) is 21.5 Å². The summed E-state index contributed by atoms with van der Waals surface area (Å²) in [5, 5.41) is 5.27. The lowest BCUT2D eigenvalue weighted by Gasteiger charge is -2.05. The van der Waals surface area contributed by atoms with E-state index in [4.69, 9.17) is 0 Å². The first-order valence-electron chi connectivity index (χ1n) is 5.58. The van der Waals surface area contributed by atoms with Crippen molar-refractivity contribution in [2.24, 2.45) is 0 Å². The fourth-order valence-electron chi connectivity index (χ4n) is 2.22. The highest BCUT2D eigenvalue weighted by molar-refractivity contribution is 6.07. The first-order valence-corrected chi connectivity index (χ1v) is 5.58. The lowest BCUT2D eigenvalue weighted by Crippen LogP contribution is -1.82. The van der Waals surface area contributed by atoms with Crippen LogP contribution in [-0.2, 0) is 6.42 Å². The second-order valence-electron chi connectivity index (χ2n) is 4.09. The first kappa shape index (κ1) is 9.41. The Morgan fingerprint density at radius 2 is 1.50 bits per heavy atom. The van der Waals surface area contributed by atoms with Crippen LogP contribution in [-0.4, -0.2) is 0 Å². The molecule has 0 unspecified atom stereocenters. The normalized spacial score (nSPS) is 11.1. The smallest absolute Gasteiger partial charge is 0.0105 e. The Bertz CT molecular complexity index is 650. The molecule has 0 aromatic heterocycles. The van der Waals surface area contributed by atoms with Crippen molar-refractivity contribution in [3.05, 3.63) is 67.1 Å². The van der Waals surface area contributed by atoms with Crippen molar-refractivity contribution in [3.63, 3.8) is 0 Å². The minimum absolute atomic E-state index is 0.850. The van der Waals surface area contributed by atoms with Gasteiger partial charge in [-0.25, -0.2) is 0 Å². The molecule has 0 heterocycles. The van der Waals surface area contributed by atoms with E-state index >= 15 is 0 Å². The lowest BCUT2D eigenvalue weighted by atomic mass is 10.00. The van der Waals surface area contributed by atoms with Crippen LogP contribution in [0, 0.1) is 6.92 Å². The lowest BCUT2D eigenvalue weighted by molar-refractivity contribution is 1.28. The molecule has 0 spiro atoms. The van der Waals surface area contributed by atoms with Gasteiger partial charge in [0.2, 0.25) is 0 Å². The summed E-state index contributed by atoms with van der Waals surface area (Å²) in [5.74, 6) is 0. The van der Waals surface area contributed by atoms with Crippen LogP contribution in [0.4, 0.5) is 0 Å². The Labute approximate surface area is 95.5 Å². The topological polar surface area (TPSA) is 0 Å². The van der Waals surface area contributed by atoms with E-state index in [-0.39, 0.29) is 0 Å². The number of hydrogen-bond donors (Lipinski definition) is 0. The SMILES string of the molecule is [CH2]Cc1ccc2c(ccc3ccccc32)c1. The summed E-state index contributed by atoms with van der Waals surface area (Å²) in [5.41, 5.74) is 1.29. The second kappa shape index (κ2) is 3.64. The van der Waals surface area contributed by atoms with Gasteiger partial charge in [0.05, 0.1) is 0 Å². The van der Waals surface area contributed by atoms with E-state index in [0.717, 1.165) is 6.42 Å². The van der Waals surface area contributed by atoms with Crippen molar-refractivity contribution < 1.29 is 0 Å². The fraction of sp³-hybridized carbons (Fsp3) is 0.0625. The molecule has 3 aromatic rings. The molecule has 0 aliphatic carbocycles. The minimum Gasteiger partial charge on any atom is -0.0616 e. The fourth-order valence-corrected chi connectivity index (χ4v) is 2.22. The van der Waals surface area contributed by atoms with Crippen molar-refractivity contribution in [2.75, 3.05) is 0 Å². The van der Waals surface area contributed by atoms with E-state index in [9.17, 15) is 0 Å². The minimum atomic E-state index is 0.850. The molecule has 0 bridgehead atoms. The molecule has 0 N–H and O–H groups in total. The van der Waals surface area contributed by atoms with E-state index in [2.05, 4.69) is 61.5 Å². The Balaban J connectivity index is 2.43. The van der Waals surface area contributed by atoms with Crippen molar-refractivity contribution >= 4 is 21.5 Å². The molecular weight excluding hydrogens is 192 g/mol. The van der Waals surface area contributed by atoms with Gasteiger partial charge in [0, 0.05) is 0 Å². The average molecular weight is 205 g/mol. The van der Waals surface area contributed by atoms with E-state index in [1.54, 1.807) is 0 Å². The highest BCUT2D eigenvalue weighted by Gasteiger charge is 2.00. The molecule has 16 heavy (non-hydrogen) atoms. The van der Waals surface area contributed by atoms with Crippen molar-refractivity contribution in [2.45, 2.75) is 6.42 Å². The standard InChI is InChI=1S/C16H13/c1-2-12-7-10-16-14(11-12)9-8-13-5-3-4-6-15(13)16/h3-11H,1-2H2. The summed E-state index contributed by atoms with van der Waals surface area (Å²) in [6.45, 7) is 3.93. The third-order valence-corrected chi connectivity index (χ3v) is 3.10. The maximum Gasteiger partial charge on any atom is -0.0105 e. The molecule has 0 fully saturated rings. The zero-order valence-corrected chi connectivity index (χ0v) is 9.11. The molecule has 3 rings (SSSR count). The molecule has 0 atom stereocenters. The van der Waals surface area contributed by atoms with Crippen LogP contribution < -0.4 is 0 Å². The quantitative estimate of drug-likeness (QED) is 0.517. The molecule has 3 aromatic carbocycles. The van der Waals surface area contributed by atoms with E-state index < -0.39 is 0 Å². The molecular formula is C16H13. The largest absolute Gasteiger partial charge is 0.0616 e. The third-order valence-electron chi connectivity index (χ3n) is 3.10. The van der Waals surface area contributed by atoms with Crippen molar-refractivity contribution in [1.82, 2.24) is 0 Å². The zero-order chi connectivity index (χ0) is 11.0. The summed E-state index contributed by atoms with van der Waals surface area (Å²) in [6, 6.07) is 19.5. The van der Waals surface area contributed by atoms with E-state index in [0.29, 0.717) is 0 Å². The third kappa shape index (κ3) is 1.38. The molecule has 0 aliphatic heterocycles. The molecule has 1 radical (unpaired) electrons. The van der Waals surface area contributed by atoms with Crippen molar-refractivity contribution in [1.29, 1.82) is 0 Å². The van der Waals surface area contributed by atoms with Gasteiger partial charge in [-0.3, -0.25) is 0 Å². The molecule has 0 saturated carbocycles. The van der Waals surface area contributed by atoms with Crippen molar-refractivity contribution in [3.8, 4) is 0 Å². The van der Waals surface area contributed by atoms with Gasteiger partial charge in [0.25, 0.3) is 0 Å². The van der Waals surface area contributed by atoms with Gasteiger partial charge in [0.1, 0.15) is 0 Å². The van der Waals surface area contributed by atoms with Gasteiger partial charge in [-0.05, 0) is 40.5 Å². The number of fused-ring (bicyclic) bond motifs is 3. The second-order valence-corrected chi connectivity index (χ2v) is 4.09. The predicted molar refractivity (Wildman–Crippen MR) is 70.5 cm³/mol. The highest BCUT2D eigenvalue weighted by atomic mass is 14.0. The summed E-state index contributed by atoms with van der Waals surface area (Å²) in [4.78, 5) is 0. The molecule has 77 valence electrons. The van der Waals surface area contributed by atoms with Crippen LogP contribution in [0.5, 0.6) is 0 Å². The van der Waals surface area contributed by atoms with Crippen LogP contribution in [0.1, 0.15) is 5.56 Å². The summed E-state index contributed by atoms with van der Waals surface area (Å²) >= 11 is 0. The number of hydrogen-bond acceptors (Lipinski definition) is 0. The van der Waals surface area contributed by atoms with Crippen LogP contribution in [0.2, 0.25) is 0 Å². The van der Waals surface area contributed by atoms with Gasteiger partial charge in [-0.1, -0.05) is 54.6 Å². The molecule has 0 amide bonds. The van der Waals surface area contributed by atoms with Crippen LogP contribution >= 0.6 is 0 Å². The van der Waals surface area contributed by atoms with Gasteiger partial charge < -0.3 is 0 Å². The van der Waals surface area contributed by atoms with Gasteiger partial charge in [0.15, 0.2) is 0 Å². The zero-order valence-electron chi connectivity index (χ0n) is 9.11. The molecule has 0 aliphatic rings. The van der Waals surface area contributed by atoms with Gasteiger partial charge in [-0.15, -0.1) is 0 Å². The molecule has 0 heteroatoms. The molecule has 0 nitrogen and oxygen atoms in total. The Hall–Kier alpha value is -1.82. The Kier molecular flexibility index (Phi) is 2.14. The number of benzene rings is 3.